The normalized spacial score (nSPS) is 12.5. The summed E-state index contributed by atoms with van der Waals surface area (Å²) in [7, 11) is 1.38. The van der Waals surface area contributed by atoms with Gasteiger partial charge in [0.25, 0.3) is 0 Å². The first kappa shape index (κ1) is 8.70. The molecule has 1 atom stereocenters. The third-order valence-electron chi connectivity index (χ3n) is 1.58. The van der Waals surface area contributed by atoms with Crippen LogP contribution >= 0.6 is 0 Å². The van der Waals surface area contributed by atoms with Crippen LogP contribution in [-0.4, -0.2) is 28.5 Å². The highest BCUT2D eigenvalue weighted by atomic mass is 16.5. The second-order valence-corrected chi connectivity index (χ2v) is 2.59. The van der Waals surface area contributed by atoms with Gasteiger partial charge in [-0.1, -0.05) is 6.92 Å². The number of ether oxygens (including phenoxy) is 1. The van der Waals surface area contributed by atoms with Crippen LogP contribution in [-0.2, 0) is 16.0 Å². The Labute approximate surface area is 70.1 Å². The van der Waals surface area contributed by atoms with E-state index < -0.39 is 0 Å². The number of aromatic amines is 1. The fourth-order valence-electron chi connectivity index (χ4n) is 0.922. The van der Waals surface area contributed by atoms with Crippen molar-refractivity contribution in [3.63, 3.8) is 0 Å². The van der Waals surface area contributed by atoms with E-state index in [2.05, 4.69) is 20.1 Å². The van der Waals surface area contributed by atoms with Crippen molar-refractivity contribution < 1.29 is 9.53 Å². The number of nitrogens with one attached hydrogen (secondary N) is 1. The van der Waals surface area contributed by atoms with Crippen molar-refractivity contribution in [1.82, 2.24) is 15.4 Å². The third kappa shape index (κ3) is 2.05. The molecule has 0 radical (unpaired) electrons. The number of methoxy groups -OCH3 is 1. The zero-order valence-electron chi connectivity index (χ0n) is 7.07. The number of esters is 1. The molecule has 0 aliphatic rings. The molecule has 1 heterocycles. The topological polar surface area (TPSA) is 67.9 Å². The molecule has 0 fully saturated rings. The molecule has 0 spiro atoms. The van der Waals surface area contributed by atoms with Crippen molar-refractivity contribution in [2.45, 2.75) is 13.3 Å². The lowest BCUT2D eigenvalue weighted by molar-refractivity contribution is -0.144. The zero-order valence-corrected chi connectivity index (χ0v) is 7.07. The summed E-state index contributed by atoms with van der Waals surface area (Å²) in [5, 5.41) is 9.94. The van der Waals surface area contributed by atoms with E-state index in [1.165, 1.54) is 7.11 Å². The van der Waals surface area contributed by atoms with E-state index in [0.717, 1.165) is 5.69 Å². The molecule has 0 aromatic carbocycles. The van der Waals surface area contributed by atoms with Gasteiger partial charge in [-0.25, -0.2) is 0 Å². The Morgan fingerprint density at radius 1 is 1.83 bits per heavy atom. The molecule has 0 saturated carbocycles. The Morgan fingerprint density at radius 3 is 3.08 bits per heavy atom. The van der Waals surface area contributed by atoms with E-state index >= 15 is 0 Å². The smallest absolute Gasteiger partial charge is 0.308 e. The summed E-state index contributed by atoms with van der Waals surface area (Å²) in [4.78, 5) is 11.0. The van der Waals surface area contributed by atoms with Crippen LogP contribution in [0.3, 0.4) is 0 Å². The monoisotopic (exact) mass is 169 g/mol. The third-order valence-corrected chi connectivity index (χ3v) is 1.58. The van der Waals surface area contributed by atoms with Gasteiger partial charge in [-0.3, -0.25) is 4.79 Å². The largest absolute Gasteiger partial charge is 0.469 e. The molecule has 0 bridgehead atoms. The van der Waals surface area contributed by atoms with E-state index in [4.69, 9.17) is 0 Å². The van der Waals surface area contributed by atoms with Crippen LogP contribution in [0.25, 0.3) is 0 Å². The van der Waals surface area contributed by atoms with Crippen LogP contribution in [0.5, 0.6) is 0 Å². The highest BCUT2D eigenvalue weighted by molar-refractivity contribution is 5.72. The lowest BCUT2D eigenvalue weighted by Gasteiger charge is -2.05. The Hall–Kier alpha value is -1.39. The molecule has 1 N–H and O–H groups in total. The number of hydrogen-bond donors (Lipinski definition) is 1. The molecule has 12 heavy (non-hydrogen) atoms. The first-order chi connectivity index (χ1) is 5.74. The van der Waals surface area contributed by atoms with Gasteiger partial charge >= 0.3 is 5.97 Å². The number of carbonyl (C=O) groups is 1. The summed E-state index contributed by atoms with van der Waals surface area (Å²) in [6, 6.07) is 0. The Morgan fingerprint density at radius 2 is 2.58 bits per heavy atom. The van der Waals surface area contributed by atoms with Crippen LogP contribution in [0.1, 0.15) is 12.6 Å². The molecule has 1 rings (SSSR count). The maximum absolute atomic E-state index is 11.0. The second kappa shape index (κ2) is 3.85. The van der Waals surface area contributed by atoms with Crippen molar-refractivity contribution in [3.8, 4) is 0 Å². The minimum Gasteiger partial charge on any atom is -0.469 e. The maximum Gasteiger partial charge on any atom is 0.308 e. The molecule has 66 valence electrons. The Kier molecular flexibility index (Phi) is 2.79. The molecule has 0 amide bonds. The summed E-state index contributed by atoms with van der Waals surface area (Å²) < 4.78 is 4.56. The van der Waals surface area contributed by atoms with Gasteiger partial charge in [-0.05, 0) is 0 Å². The summed E-state index contributed by atoms with van der Waals surface area (Å²) in [6.45, 7) is 1.79. The number of nitrogens with zero attached hydrogens (tertiary/aromatic N) is 2. The lowest BCUT2D eigenvalue weighted by atomic mass is 10.1. The fourth-order valence-corrected chi connectivity index (χ4v) is 0.922. The predicted octanol–water partition coefficient (Wildman–Crippen LogP) is 0.156. The van der Waals surface area contributed by atoms with Crippen molar-refractivity contribution >= 4 is 5.97 Å². The average molecular weight is 169 g/mol. The Bertz CT molecular complexity index is 245. The van der Waals surface area contributed by atoms with Gasteiger partial charge in [-0.15, -0.1) is 0 Å². The molecule has 1 unspecified atom stereocenters. The van der Waals surface area contributed by atoms with Crippen molar-refractivity contribution in [1.29, 1.82) is 0 Å². The first-order valence-electron chi connectivity index (χ1n) is 3.66. The van der Waals surface area contributed by atoms with Gasteiger partial charge in [0.15, 0.2) is 0 Å². The summed E-state index contributed by atoms with van der Waals surface area (Å²) in [5.41, 5.74) is 0.771. The van der Waals surface area contributed by atoms with Gasteiger partial charge in [0.05, 0.1) is 24.9 Å². The van der Waals surface area contributed by atoms with Gasteiger partial charge in [-0.2, -0.15) is 15.4 Å². The molecular formula is C7H11N3O2. The van der Waals surface area contributed by atoms with Crippen molar-refractivity contribution in [3.05, 3.63) is 11.9 Å². The first-order valence-corrected chi connectivity index (χ1v) is 3.66. The summed E-state index contributed by atoms with van der Waals surface area (Å²) in [5.74, 6) is -0.391. The van der Waals surface area contributed by atoms with Crippen LogP contribution in [0.4, 0.5) is 0 Å². The lowest BCUT2D eigenvalue weighted by Crippen LogP contribution is -2.15. The molecule has 0 aliphatic heterocycles. The number of H-pyrrole nitrogens is 1. The molecule has 5 nitrogen and oxygen atoms in total. The number of hydrogen-bond acceptors (Lipinski definition) is 4. The summed E-state index contributed by atoms with van der Waals surface area (Å²) in [6.07, 6.45) is 2.16. The Balaban J connectivity index is 2.47. The number of aromatic nitrogens is 3. The molecular weight excluding hydrogens is 158 g/mol. The minimum atomic E-state index is -0.224. The standard InChI is InChI=1S/C7H11N3O2/c1-5(7(11)12-2)3-6-4-8-10-9-6/h4-5H,3H2,1-2H3,(H,8,9,10). The predicted molar refractivity (Wildman–Crippen MR) is 41.3 cm³/mol. The van der Waals surface area contributed by atoms with Crippen LogP contribution < -0.4 is 0 Å². The van der Waals surface area contributed by atoms with Crippen LogP contribution in [0.15, 0.2) is 6.20 Å². The number of carbonyl (C=O) groups excluding carboxylic acids is 1. The van der Waals surface area contributed by atoms with Gasteiger partial charge < -0.3 is 4.74 Å². The summed E-state index contributed by atoms with van der Waals surface area (Å²) >= 11 is 0. The van der Waals surface area contributed by atoms with Gasteiger partial charge in [0.2, 0.25) is 0 Å². The van der Waals surface area contributed by atoms with Crippen LogP contribution in [0.2, 0.25) is 0 Å². The van der Waals surface area contributed by atoms with Gasteiger partial charge in [0, 0.05) is 6.42 Å². The minimum absolute atomic E-state index is 0.167. The van der Waals surface area contributed by atoms with Gasteiger partial charge in [0.1, 0.15) is 0 Å². The molecule has 1 aromatic heterocycles. The highest BCUT2D eigenvalue weighted by Crippen LogP contribution is 2.05. The van der Waals surface area contributed by atoms with E-state index in [9.17, 15) is 4.79 Å². The van der Waals surface area contributed by atoms with Crippen LogP contribution in [0, 0.1) is 5.92 Å². The van der Waals surface area contributed by atoms with E-state index in [1.54, 1.807) is 13.1 Å². The van der Waals surface area contributed by atoms with E-state index in [1.807, 2.05) is 0 Å². The van der Waals surface area contributed by atoms with Crippen molar-refractivity contribution in [2.24, 2.45) is 5.92 Å². The quantitative estimate of drug-likeness (QED) is 0.654. The molecule has 1 aromatic rings. The molecule has 5 heteroatoms. The molecule has 0 saturated heterocycles. The second-order valence-electron chi connectivity index (χ2n) is 2.59. The van der Waals surface area contributed by atoms with E-state index in [-0.39, 0.29) is 11.9 Å². The van der Waals surface area contributed by atoms with Crippen molar-refractivity contribution in [2.75, 3.05) is 7.11 Å². The number of rotatable bonds is 3. The average Bonchev–Trinajstić information content (AvgIpc) is 2.55. The zero-order chi connectivity index (χ0) is 8.97. The highest BCUT2D eigenvalue weighted by Gasteiger charge is 2.14. The maximum atomic E-state index is 11.0. The molecule has 0 aliphatic carbocycles. The fraction of sp³-hybridized carbons (Fsp3) is 0.571. The SMILES string of the molecule is COC(=O)C(C)Cc1cn[nH]n1. The van der Waals surface area contributed by atoms with E-state index in [0.29, 0.717) is 6.42 Å².